The first-order chi connectivity index (χ1) is 8.93. The topological polar surface area (TPSA) is 29.1 Å². The maximum Gasteiger partial charge on any atom is 0.408 e. The average molecular weight is 332 g/mol. The molecule has 0 aliphatic heterocycles. The van der Waals surface area contributed by atoms with Crippen LogP contribution in [0.2, 0.25) is 5.02 Å². The number of alkyl halides is 3. The van der Waals surface area contributed by atoms with Crippen LogP contribution < -0.4 is 4.72 Å². The van der Waals surface area contributed by atoms with Crippen molar-refractivity contribution >= 4 is 22.6 Å². The lowest BCUT2D eigenvalue weighted by molar-refractivity contribution is -0.152. The van der Waals surface area contributed by atoms with Gasteiger partial charge >= 0.3 is 6.18 Å². The van der Waals surface area contributed by atoms with E-state index in [1.807, 2.05) is 4.72 Å². The number of halogens is 5. The van der Waals surface area contributed by atoms with Gasteiger partial charge in [-0.15, -0.1) is 0 Å². The van der Waals surface area contributed by atoms with Gasteiger partial charge in [0, 0.05) is 0 Å². The molecule has 2 atom stereocenters. The quantitative estimate of drug-likeness (QED) is 0.829. The van der Waals surface area contributed by atoms with E-state index >= 15 is 0 Å². The first-order valence-electron chi connectivity index (χ1n) is 5.62. The van der Waals surface area contributed by atoms with Crippen LogP contribution in [0.25, 0.3) is 0 Å². The van der Waals surface area contributed by atoms with Crippen LogP contribution in [-0.4, -0.2) is 15.1 Å². The maximum absolute atomic E-state index is 13.1. The molecule has 1 N–H and O–H groups in total. The van der Waals surface area contributed by atoms with Crippen molar-refractivity contribution in [1.82, 2.24) is 4.72 Å². The molecule has 0 aliphatic carbocycles. The van der Waals surface area contributed by atoms with Crippen LogP contribution in [0, 0.1) is 5.82 Å². The zero-order valence-electron chi connectivity index (χ0n) is 11.0. The Balaban J connectivity index is 3.14. The number of benzene rings is 1. The molecule has 0 saturated carbocycles. The standard InChI is InChI=1S/C12H14ClF4NOS/c1-11(2,3)20(19)18-10(12(15,16)17)7-4-5-9(14)8(13)6-7/h4-6,10,18H,1-3H3/t10-,20-/m0/s1. The molecule has 1 aromatic carbocycles. The minimum Gasteiger partial charge on any atom is -0.242 e. The second-order valence-corrected chi connectivity index (χ2v) is 7.55. The first-order valence-corrected chi connectivity index (χ1v) is 7.15. The molecule has 0 radical (unpaired) electrons. The first kappa shape index (κ1) is 17.4. The van der Waals surface area contributed by atoms with Crippen LogP contribution in [0.4, 0.5) is 17.6 Å². The number of rotatable bonds is 3. The summed E-state index contributed by atoms with van der Waals surface area (Å²) >= 11 is 5.49. The van der Waals surface area contributed by atoms with Crippen LogP contribution in [0.3, 0.4) is 0 Å². The summed E-state index contributed by atoms with van der Waals surface area (Å²) in [6.07, 6.45) is -4.68. The van der Waals surface area contributed by atoms with Crippen molar-refractivity contribution in [2.75, 3.05) is 0 Å². The van der Waals surface area contributed by atoms with Gasteiger partial charge in [0.1, 0.15) is 11.9 Å². The SMILES string of the molecule is CC(C)(C)[S@](=O)N[C@@H](c1ccc(F)c(Cl)c1)C(F)(F)F. The lowest BCUT2D eigenvalue weighted by Crippen LogP contribution is -2.41. The van der Waals surface area contributed by atoms with E-state index in [-0.39, 0.29) is 5.56 Å². The van der Waals surface area contributed by atoms with E-state index in [1.165, 1.54) is 0 Å². The van der Waals surface area contributed by atoms with Gasteiger partial charge in [-0.1, -0.05) is 17.7 Å². The van der Waals surface area contributed by atoms with E-state index < -0.39 is 38.8 Å². The zero-order chi connectivity index (χ0) is 15.7. The van der Waals surface area contributed by atoms with Crippen molar-refractivity contribution in [3.63, 3.8) is 0 Å². The van der Waals surface area contributed by atoms with Gasteiger partial charge in [0.2, 0.25) is 0 Å². The summed E-state index contributed by atoms with van der Waals surface area (Å²) in [6, 6.07) is 0.507. The fourth-order valence-corrected chi connectivity index (χ4v) is 2.33. The zero-order valence-corrected chi connectivity index (χ0v) is 12.6. The molecular weight excluding hydrogens is 318 g/mol. The van der Waals surface area contributed by atoms with Crippen LogP contribution in [0.5, 0.6) is 0 Å². The van der Waals surface area contributed by atoms with Gasteiger partial charge in [-0.3, -0.25) is 0 Å². The number of nitrogens with one attached hydrogen (secondary N) is 1. The van der Waals surface area contributed by atoms with Crippen molar-refractivity contribution < 1.29 is 21.8 Å². The molecule has 0 heterocycles. The normalized spacial score (nSPS) is 16.0. The lowest BCUT2D eigenvalue weighted by atomic mass is 10.1. The predicted molar refractivity (Wildman–Crippen MR) is 71.2 cm³/mol. The number of hydrogen-bond donors (Lipinski definition) is 1. The van der Waals surface area contributed by atoms with E-state index in [0.717, 1.165) is 18.2 Å². The Labute approximate surface area is 122 Å². The fraction of sp³-hybridized carbons (Fsp3) is 0.500. The molecule has 0 amide bonds. The van der Waals surface area contributed by atoms with Crippen molar-refractivity contribution in [2.45, 2.75) is 37.7 Å². The van der Waals surface area contributed by atoms with E-state index in [9.17, 15) is 21.8 Å². The largest absolute Gasteiger partial charge is 0.408 e. The van der Waals surface area contributed by atoms with Gasteiger partial charge in [0.15, 0.2) is 0 Å². The van der Waals surface area contributed by atoms with Gasteiger partial charge in [-0.25, -0.2) is 13.3 Å². The van der Waals surface area contributed by atoms with E-state index in [2.05, 4.69) is 0 Å². The average Bonchev–Trinajstić information content (AvgIpc) is 2.26. The van der Waals surface area contributed by atoms with Gasteiger partial charge in [-0.05, 0) is 38.5 Å². The highest BCUT2D eigenvalue weighted by Crippen LogP contribution is 2.35. The summed E-state index contributed by atoms with van der Waals surface area (Å²) in [6.45, 7) is 4.63. The molecule has 2 nitrogen and oxygen atoms in total. The van der Waals surface area contributed by atoms with Crippen molar-refractivity contribution in [1.29, 1.82) is 0 Å². The molecule has 0 unspecified atom stereocenters. The Bertz CT molecular complexity index is 513. The molecule has 0 aromatic heterocycles. The van der Waals surface area contributed by atoms with E-state index in [4.69, 9.17) is 11.6 Å². The summed E-state index contributed by atoms with van der Waals surface area (Å²) in [7, 11) is -1.93. The van der Waals surface area contributed by atoms with Gasteiger partial charge in [0.25, 0.3) is 0 Å². The maximum atomic E-state index is 13.1. The third kappa shape index (κ3) is 4.43. The Morgan fingerprint density at radius 1 is 1.25 bits per heavy atom. The van der Waals surface area contributed by atoms with E-state index in [0.29, 0.717) is 0 Å². The fourth-order valence-electron chi connectivity index (χ4n) is 1.30. The van der Waals surface area contributed by atoms with E-state index in [1.54, 1.807) is 20.8 Å². The minimum atomic E-state index is -4.68. The van der Waals surface area contributed by atoms with Crippen molar-refractivity contribution in [3.8, 4) is 0 Å². The molecule has 8 heteroatoms. The molecule has 1 rings (SSSR count). The molecule has 0 aliphatic rings. The summed E-state index contributed by atoms with van der Waals surface area (Å²) in [5.41, 5.74) is -0.290. The van der Waals surface area contributed by atoms with Crippen LogP contribution in [0.15, 0.2) is 18.2 Å². The molecule has 0 saturated heterocycles. The summed E-state index contributed by atoms with van der Waals surface area (Å²) in [4.78, 5) is 0. The molecule has 20 heavy (non-hydrogen) atoms. The molecule has 0 bridgehead atoms. The van der Waals surface area contributed by atoms with Crippen molar-refractivity contribution in [3.05, 3.63) is 34.6 Å². The van der Waals surface area contributed by atoms with Crippen LogP contribution in [0.1, 0.15) is 32.4 Å². The Hall–Kier alpha value is -0.660. The Kier molecular flexibility index (Phi) is 5.21. The highest BCUT2D eigenvalue weighted by atomic mass is 35.5. The summed E-state index contributed by atoms with van der Waals surface area (Å²) in [5, 5.41) is -0.417. The van der Waals surface area contributed by atoms with Gasteiger partial charge in [0.05, 0.1) is 20.8 Å². The second-order valence-electron chi connectivity index (χ2n) is 5.15. The minimum absolute atomic E-state index is 0.290. The molecular formula is C12H14ClF4NOS. The monoisotopic (exact) mass is 331 g/mol. The second kappa shape index (κ2) is 5.99. The lowest BCUT2D eigenvalue weighted by Gasteiger charge is -2.26. The molecule has 114 valence electrons. The number of hydrogen-bond acceptors (Lipinski definition) is 1. The van der Waals surface area contributed by atoms with Gasteiger partial charge in [-0.2, -0.15) is 13.2 Å². The Morgan fingerprint density at radius 3 is 2.20 bits per heavy atom. The van der Waals surface area contributed by atoms with Crippen LogP contribution in [-0.2, 0) is 11.0 Å². The highest BCUT2D eigenvalue weighted by Gasteiger charge is 2.43. The third-order valence-corrected chi connectivity index (χ3v) is 4.24. The smallest absolute Gasteiger partial charge is 0.242 e. The summed E-state index contributed by atoms with van der Waals surface area (Å²) in [5.74, 6) is -0.812. The predicted octanol–water partition coefficient (Wildman–Crippen LogP) is 4.13. The van der Waals surface area contributed by atoms with Crippen molar-refractivity contribution in [2.24, 2.45) is 0 Å². The molecule has 0 fully saturated rings. The van der Waals surface area contributed by atoms with Crippen LogP contribution >= 0.6 is 11.6 Å². The summed E-state index contributed by atoms with van der Waals surface area (Å²) < 4.78 is 65.2. The third-order valence-electron chi connectivity index (χ3n) is 2.39. The molecule has 0 spiro atoms. The highest BCUT2D eigenvalue weighted by molar-refractivity contribution is 7.84. The Morgan fingerprint density at radius 2 is 1.80 bits per heavy atom. The molecule has 1 aromatic rings. The van der Waals surface area contributed by atoms with Gasteiger partial charge < -0.3 is 0 Å².